The van der Waals surface area contributed by atoms with Gasteiger partial charge in [0.1, 0.15) is 20.6 Å². The Bertz CT molecular complexity index is 162. The lowest BCUT2D eigenvalue weighted by atomic mass is 10.7. The van der Waals surface area contributed by atoms with Crippen LogP contribution in [0.4, 0.5) is 4.79 Å². The molecule has 0 saturated carbocycles. The highest BCUT2D eigenvalue weighted by molar-refractivity contribution is 6.19. The van der Waals surface area contributed by atoms with Gasteiger partial charge in [-0.2, -0.15) is 4.79 Å². The van der Waals surface area contributed by atoms with Crippen molar-refractivity contribution >= 4 is 30.2 Å². The van der Waals surface area contributed by atoms with E-state index < -0.39 is 11.7 Å². The number of ether oxygens (including phenoxy) is 1. The second-order valence-electron chi connectivity index (χ2n) is 2.89. The molecule has 0 spiro atoms. The number of quaternary nitrogens is 1. The quantitative estimate of drug-likeness (QED) is 0.324. The Labute approximate surface area is 89.7 Å². The molecule has 80 valence electrons. The molecule has 1 unspecified atom stereocenters. The molecule has 0 radical (unpaired) electrons. The van der Waals surface area contributed by atoms with Crippen molar-refractivity contribution in [1.29, 1.82) is 0 Å². The fraction of sp³-hybridized carbons (Fsp3) is 0.857. The van der Waals surface area contributed by atoms with Crippen LogP contribution in [0.1, 0.15) is 13.8 Å². The molecule has 6 heteroatoms. The van der Waals surface area contributed by atoms with Gasteiger partial charge in [-0.05, 0) is 13.8 Å². The fourth-order valence-electron chi connectivity index (χ4n) is 0.420. The number of carbonyl (C=O) groups is 1. The van der Waals surface area contributed by atoms with Crippen LogP contribution in [0.25, 0.3) is 0 Å². The molecular weight excluding hydrogens is 217 g/mol. The first kappa shape index (κ1) is 15.3. The summed E-state index contributed by atoms with van der Waals surface area (Å²) in [5, 5.41) is 0. The Balaban J connectivity index is 0. The third kappa shape index (κ3) is 8.15. The predicted molar refractivity (Wildman–Crippen MR) is 52.8 cm³/mol. The molecule has 0 heterocycles. The summed E-state index contributed by atoms with van der Waals surface area (Å²) in [6.07, 6.45) is -0.746. The first-order valence-electron chi connectivity index (χ1n) is 3.74. The third-order valence-electron chi connectivity index (χ3n) is 1.34. The maximum atomic E-state index is 10.9. The number of rotatable bonds is 3. The molecule has 13 heavy (non-hydrogen) atoms. The highest BCUT2D eigenvalue weighted by atomic mass is 35.5. The minimum absolute atomic E-state index is 0. The largest absolute Gasteiger partial charge is 0.561 e. The lowest BCUT2D eigenvalue weighted by molar-refractivity contribution is -1.06. The summed E-state index contributed by atoms with van der Waals surface area (Å²) >= 11 is 5.41. The van der Waals surface area contributed by atoms with Crippen LogP contribution in [0.3, 0.4) is 0 Å². The molecule has 0 aliphatic rings. The Hall–Kier alpha value is -0.190. The minimum atomic E-state index is -0.746. The van der Waals surface area contributed by atoms with Gasteiger partial charge in [0.25, 0.3) is 0 Å². The Morgan fingerprint density at radius 1 is 1.54 bits per heavy atom. The number of halogens is 2. The highest BCUT2D eigenvalue weighted by Gasteiger charge is 2.21. The summed E-state index contributed by atoms with van der Waals surface area (Å²) in [6, 6.07) is 0. The van der Waals surface area contributed by atoms with Crippen molar-refractivity contribution in [3.05, 3.63) is 0 Å². The zero-order valence-electron chi connectivity index (χ0n) is 8.24. The molecule has 4 nitrogen and oxygen atoms in total. The molecule has 1 atom stereocenters. The van der Waals surface area contributed by atoms with E-state index in [1.54, 1.807) is 21.0 Å². The maximum absolute atomic E-state index is 10.9. The normalized spacial score (nSPS) is 12.7. The van der Waals surface area contributed by atoms with E-state index in [1.165, 1.54) is 0 Å². The van der Waals surface area contributed by atoms with Gasteiger partial charge in [0.05, 0.1) is 0 Å². The van der Waals surface area contributed by atoms with Crippen LogP contribution in [0, 0.1) is 0 Å². The van der Waals surface area contributed by atoms with Gasteiger partial charge in [0.15, 0.2) is 5.56 Å². The van der Waals surface area contributed by atoms with Crippen molar-refractivity contribution in [2.45, 2.75) is 19.4 Å². The minimum Gasteiger partial charge on any atom is -0.411 e. The van der Waals surface area contributed by atoms with Gasteiger partial charge >= 0.3 is 6.16 Å². The van der Waals surface area contributed by atoms with E-state index in [1.807, 2.05) is 6.92 Å². The number of hydroxylamine groups is 3. The third-order valence-corrected chi connectivity index (χ3v) is 1.43. The second kappa shape index (κ2) is 6.29. The zero-order chi connectivity index (χ0) is 9.78. The van der Waals surface area contributed by atoms with E-state index in [2.05, 4.69) is 4.74 Å². The van der Waals surface area contributed by atoms with Crippen molar-refractivity contribution in [2.24, 2.45) is 0 Å². The molecule has 0 bridgehead atoms. The van der Waals surface area contributed by atoms with Crippen molar-refractivity contribution in [3.8, 4) is 0 Å². The van der Waals surface area contributed by atoms with Crippen molar-refractivity contribution in [3.63, 3.8) is 0 Å². The maximum Gasteiger partial charge on any atom is 0.561 e. The van der Waals surface area contributed by atoms with Crippen molar-refractivity contribution < 1.29 is 19.0 Å². The molecular formula is C7H16Cl2NO3+. The zero-order valence-corrected chi connectivity index (χ0v) is 9.82. The second-order valence-corrected chi connectivity index (χ2v) is 3.51. The molecule has 0 aliphatic heterocycles. The Morgan fingerprint density at radius 2 is 2.00 bits per heavy atom. The highest BCUT2D eigenvalue weighted by Crippen LogP contribution is 2.04. The monoisotopic (exact) mass is 232 g/mol. The van der Waals surface area contributed by atoms with Crippen molar-refractivity contribution in [1.82, 2.24) is 0 Å². The van der Waals surface area contributed by atoms with Crippen LogP contribution in [-0.4, -0.2) is 37.0 Å². The van der Waals surface area contributed by atoms with Gasteiger partial charge in [0, 0.05) is 0 Å². The van der Waals surface area contributed by atoms with E-state index in [4.69, 9.17) is 16.4 Å². The van der Waals surface area contributed by atoms with E-state index in [-0.39, 0.29) is 17.1 Å². The molecule has 0 aromatic carbocycles. The molecule has 0 rings (SSSR count). The van der Waals surface area contributed by atoms with Gasteiger partial charge in [-0.3, -0.25) is 0 Å². The van der Waals surface area contributed by atoms with Gasteiger partial charge in [-0.15, -0.1) is 17.1 Å². The van der Waals surface area contributed by atoms with Crippen LogP contribution >= 0.6 is 24.0 Å². The lowest BCUT2D eigenvalue weighted by Crippen LogP contribution is -2.41. The number of carbonyl (C=O) groups excluding carboxylic acids is 1. The summed E-state index contributed by atoms with van der Waals surface area (Å²) in [6.45, 7) is 4.12. The van der Waals surface area contributed by atoms with E-state index in [0.717, 1.165) is 0 Å². The number of nitrogens with zero attached hydrogens (tertiary/aromatic N) is 1. The predicted octanol–water partition coefficient (Wildman–Crippen LogP) is 2.16. The van der Waals surface area contributed by atoms with Crippen LogP contribution < -0.4 is 0 Å². The summed E-state index contributed by atoms with van der Waals surface area (Å²) in [5.74, 6) is 0. The standard InChI is InChI=1S/C7H15ClNO3.ClH/c1-5-9(3,4)12-7(10)11-6(2)8;/h6H,5H2,1-4H3;1H/q+1;. The van der Waals surface area contributed by atoms with Gasteiger partial charge < -0.3 is 4.74 Å². The van der Waals surface area contributed by atoms with Crippen molar-refractivity contribution in [2.75, 3.05) is 20.6 Å². The molecule has 0 N–H and O–H groups in total. The summed E-state index contributed by atoms with van der Waals surface area (Å²) in [4.78, 5) is 15.8. The molecule has 0 aromatic rings. The Kier molecular flexibility index (Phi) is 7.40. The van der Waals surface area contributed by atoms with Gasteiger partial charge in [-0.25, -0.2) is 4.84 Å². The average Bonchev–Trinajstić information content (AvgIpc) is 1.84. The van der Waals surface area contributed by atoms with Crippen LogP contribution in [0.2, 0.25) is 0 Å². The van der Waals surface area contributed by atoms with Crippen LogP contribution in [-0.2, 0) is 9.57 Å². The van der Waals surface area contributed by atoms with Gasteiger partial charge in [-0.1, -0.05) is 11.6 Å². The molecule has 0 fully saturated rings. The summed E-state index contributed by atoms with van der Waals surface area (Å²) in [7, 11) is 3.50. The van der Waals surface area contributed by atoms with Crippen LogP contribution in [0.15, 0.2) is 0 Å². The van der Waals surface area contributed by atoms with Gasteiger partial charge in [0.2, 0.25) is 0 Å². The van der Waals surface area contributed by atoms with E-state index in [0.29, 0.717) is 6.54 Å². The summed E-state index contributed by atoms with van der Waals surface area (Å²) in [5.41, 5.74) is -0.658. The SMILES string of the molecule is CC[N+](C)(C)OC(=O)OC(C)Cl.Cl. The van der Waals surface area contributed by atoms with E-state index >= 15 is 0 Å². The lowest BCUT2D eigenvalue weighted by Gasteiger charge is -2.23. The smallest absolute Gasteiger partial charge is 0.411 e. The number of hydrogen-bond acceptors (Lipinski definition) is 3. The topological polar surface area (TPSA) is 35.5 Å². The fourth-order valence-corrected chi connectivity index (χ4v) is 0.493. The first-order valence-corrected chi connectivity index (χ1v) is 4.18. The molecule has 0 saturated heterocycles. The molecule has 0 aromatic heterocycles. The summed E-state index contributed by atoms with van der Waals surface area (Å²) < 4.78 is 4.70. The molecule has 0 amide bonds. The Morgan fingerprint density at radius 3 is 2.31 bits per heavy atom. The number of alkyl halides is 1. The number of hydrogen-bond donors (Lipinski definition) is 0. The van der Waals surface area contributed by atoms with E-state index in [9.17, 15) is 4.79 Å². The first-order chi connectivity index (χ1) is 5.37. The average molecular weight is 233 g/mol. The molecule has 0 aliphatic carbocycles. The van der Waals surface area contributed by atoms with Crippen LogP contribution in [0.5, 0.6) is 0 Å².